The van der Waals surface area contributed by atoms with Crippen LogP contribution < -0.4 is 4.74 Å². The Hall–Kier alpha value is -1.62. The third-order valence-corrected chi connectivity index (χ3v) is 3.19. The number of hydrogen-bond donors (Lipinski definition) is 1. The molecule has 1 aliphatic rings. The minimum atomic E-state index is -1.02. The van der Waals surface area contributed by atoms with E-state index in [0.29, 0.717) is 0 Å². The molecule has 5 heteroatoms. The van der Waals surface area contributed by atoms with Gasteiger partial charge in [-0.3, -0.25) is 0 Å². The number of ether oxygens (including phenoxy) is 2. The van der Waals surface area contributed by atoms with Crippen molar-refractivity contribution >= 4 is 5.97 Å². The highest BCUT2D eigenvalue weighted by molar-refractivity contribution is 5.90. The zero-order chi connectivity index (χ0) is 13.0. The summed E-state index contributed by atoms with van der Waals surface area (Å²) in [5.74, 6) is -0.816. The highest BCUT2D eigenvalue weighted by Crippen LogP contribution is 2.25. The van der Waals surface area contributed by atoms with Crippen LogP contribution in [0.5, 0.6) is 5.88 Å². The lowest BCUT2D eigenvalue weighted by Gasteiger charge is -2.28. The first-order valence-corrected chi connectivity index (χ1v) is 6.08. The summed E-state index contributed by atoms with van der Waals surface area (Å²) < 4.78 is 11.0. The lowest BCUT2D eigenvalue weighted by Crippen LogP contribution is -2.30. The van der Waals surface area contributed by atoms with Gasteiger partial charge in [0.05, 0.1) is 6.10 Å². The first-order valence-electron chi connectivity index (χ1n) is 6.08. The van der Waals surface area contributed by atoms with E-state index in [2.05, 4.69) is 4.98 Å². The summed E-state index contributed by atoms with van der Waals surface area (Å²) in [4.78, 5) is 15.0. The van der Waals surface area contributed by atoms with Crippen molar-refractivity contribution in [3.63, 3.8) is 0 Å². The summed E-state index contributed by atoms with van der Waals surface area (Å²) in [6.07, 6.45) is 5.47. The number of aromatic nitrogens is 1. The summed E-state index contributed by atoms with van der Waals surface area (Å²) in [5.41, 5.74) is 0.108. The van der Waals surface area contributed by atoms with Crippen molar-refractivity contribution in [2.45, 2.75) is 37.9 Å². The van der Waals surface area contributed by atoms with E-state index in [4.69, 9.17) is 14.6 Å². The standard InChI is InChI=1S/C13H17NO4/c1-17-9-4-2-5-10(8-9)18-12-11(13(15)16)6-3-7-14-12/h3,6-7,9-10H,2,4-5,8H2,1H3,(H,15,16). The number of carboxylic acids is 1. The van der Waals surface area contributed by atoms with Crippen LogP contribution in [-0.4, -0.2) is 35.4 Å². The van der Waals surface area contributed by atoms with E-state index in [1.54, 1.807) is 19.4 Å². The van der Waals surface area contributed by atoms with Crippen molar-refractivity contribution in [3.05, 3.63) is 23.9 Å². The van der Waals surface area contributed by atoms with Crippen LogP contribution in [0.4, 0.5) is 0 Å². The molecule has 2 atom stereocenters. The molecule has 18 heavy (non-hydrogen) atoms. The Morgan fingerprint density at radius 2 is 2.22 bits per heavy atom. The molecule has 1 saturated carbocycles. The smallest absolute Gasteiger partial charge is 0.341 e. The molecule has 0 spiro atoms. The first-order chi connectivity index (χ1) is 8.70. The van der Waals surface area contributed by atoms with Gasteiger partial charge in [-0.1, -0.05) is 0 Å². The Bertz CT molecular complexity index is 421. The van der Waals surface area contributed by atoms with Crippen LogP contribution in [0.3, 0.4) is 0 Å². The molecule has 1 heterocycles. The van der Waals surface area contributed by atoms with E-state index in [-0.39, 0.29) is 23.7 Å². The largest absolute Gasteiger partial charge is 0.477 e. The van der Waals surface area contributed by atoms with Crippen molar-refractivity contribution < 1.29 is 19.4 Å². The van der Waals surface area contributed by atoms with Gasteiger partial charge in [-0.15, -0.1) is 0 Å². The van der Waals surface area contributed by atoms with E-state index >= 15 is 0 Å². The second-order valence-electron chi connectivity index (χ2n) is 4.43. The fourth-order valence-corrected chi connectivity index (χ4v) is 2.23. The minimum Gasteiger partial charge on any atom is -0.477 e. The predicted octanol–water partition coefficient (Wildman–Crippen LogP) is 2.12. The highest BCUT2D eigenvalue weighted by Gasteiger charge is 2.25. The summed E-state index contributed by atoms with van der Waals surface area (Å²) in [6, 6.07) is 3.09. The van der Waals surface area contributed by atoms with Crippen LogP contribution in [0.15, 0.2) is 18.3 Å². The zero-order valence-corrected chi connectivity index (χ0v) is 10.3. The maximum Gasteiger partial charge on any atom is 0.341 e. The van der Waals surface area contributed by atoms with Gasteiger partial charge in [0.1, 0.15) is 11.7 Å². The first kappa shape index (κ1) is 12.8. The molecule has 0 radical (unpaired) electrons. The van der Waals surface area contributed by atoms with Crippen LogP contribution in [-0.2, 0) is 4.74 Å². The normalized spacial score (nSPS) is 23.6. The lowest BCUT2D eigenvalue weighted by molar-refractivity contribution is 0.0189. The van der Waals surface area contributed by atoms with Gasteiger partial charge in [0.25, 0.3) is 0 Å². The Kier molecular flexibility index (Phi) is 4.15. The molecule has 2 unspecified atom stereocenters. The van der Waals surface area contributed by atoms with Crippen LogP contribution in [0.1, 0.15) is 36.0 Å². The number of nitrogens with zero attached hydrogens (tertiary/aromatic N) is 1. The Morgan fingerprint density at radius 1 is 1.44 bits per heavy atom. The summed E-state index contributed by atoms with van der Waals surface area (Å²) >= 11 is 0. The Morgan fingerprint density at radius 3 is 2.94 bits per heavy atom. The maximum absolute atomic E-state index is 11.0. The molecule has 98 valence electrons. The lowest BCUT2D eigenvalue weighted by atomic mass is 9.95. The number of carbonyl (C=O) groups is 1. The molecule has 1 fully saturated rings. The molecule has 1 aliphatic carbocycles. The number of pyridine rings is 1. The maximum atomic E-state index is 11.0. The molecular formula is C13H17NO4. The highest BCUT2D eigenvalue weighted by atomic mass is 16.5. The van der Waals surface area contributed by atoms with Gasteiger partial charge < -0.3 is 14.6 Å². The Balaban J connectivity index is 2.07. The number of hydrogen-bond acceptors (Lipinski definition) is 4. The van der Waals surface area contributed by atoms with Gasteiger partial charge in [-0.2, -0.15) is 0 Å². The SMILES string of the molecule is COC1CCCC(Oc2ncccc2C(=O)O)C1. The third kappa shape index (κ3) is 2.98. The van der Waals surface area contributed by atoms with Gasteiger partial charge in [-0.25, -0.2) is 9.78 Å². The zero-order valence-electron chi connectivity index (χ0n) is 10.3. The number of methoxy groups -OCH3 is 1. The number of aromatic carboxylic acids is 1. The molecule has 5 nitrogen and oxygen atoms in total. The van der Waals surface area contributed by atoms with Crippen molar-refractivity contribution in [1.82, 2.24) is 4.98 Å². The van der Waals surface area contributed by atoms with Gasteiger partial charge in [-0.05, 0) is 31.4 Å². The predicted molar refractivity (Wildman–Crippen MR) is 64.9 cm³/mol. The molecule has 1 aromatic heterocycles. The van der Waals surface area contributed by atoms with Gasteiger partial charge in [0.2, 0.25) is 5.88 Å². The second kappa shape index (κ2) is 5.82. The van der Waals surface area contributed by atoms with Gasteiger partial charge in [0, 0.05) is 19.7 Å². The fourth-order valence-electron chi connectivity index (χ4n) is 2.23. The molecule has 0 saturated heterocycles. The number of rotatable bonds is 4. The van der Waals surface area contributed by atoms with Crippen molar-refractivity contribution in [2.75, 3.05) is 7.11 Å². The van der Waals surface area contributed by atoms with E-state index < -0.39 is 5.97 Å². The van der Waals surface area contributed by atoms with Gasteiger partial charge in [0.15, 0.2) is 0 Å². The quantitative estimate of drug-likeness (QED) is 0.887. The molecule has 0 bridgehead atoms. The number of carboxylic acid groups (broad SMARTS) is 1. The molecule has 2 rings (SSSR count). The molecule has 1 aromatic rings. The molecule has 0 aromatic carbocycles. The minimum absolute atomic E-state index is 0.0169. The van der Waals surface area contributed by atoms with Crippen LogP contribution in [0.25, 0.3) is 0 Å². The summed E-state index contributed by atoms with van der Waals surface area (Å²) in [7, 11) is 1.69. The van der Waals surface area contributed by atoms with Crippen molar-refractivity contribution in [1.29, 1.82) is 0 Å². The molecular weight excluding hydrogens is 234 g/mol. The average molecular weight is 251 g/mol. The molecule has 0 amide bonds. The van der Waals surface area contributed by atoms with E-state index in [0.717, 1.165) is 25.7 Å². The topological polar surface area (TPSA) is 68.7 Å². The average Bonchev–Trinajstić information content (AvgIpc) is 2.39. The van der Waals surface area contributed by atoms with E-state index in [1.807, 2.05) is 0 Å². The summed E-state index contributed by atoms with van der Waals surface area (Å²) in [6.45, 7) is 0. The van der Waals surface area contributed by atoms with Crippen molar-refractivity contribution in [2.24, 2.45) is 0 Å². The van der Waals surface area contributed by atoms with Crippen molar-refractivity contribution in [3.8, 4) is 5.88 Å². The van der Waals surface area contributed by atoms with E-state index in [1.165, 1.54) is 6.07 Å². The Labute approximate surface area is 106 Å². The van der Waals surface area contributed by atoms with Crippen LogP contribution in [0, 0.1) is 0 Å². The summed E-state index contributed by atoms with van der Waals surface area (Å²) in [5, 5.41) is 9.05. The van der Waals surface area contributed by atoms with Crippen LogP contribution >= 0.6 is 0 Å². The van der Waals surface area contributed by atoms with Gasteiger partial charge >= 0.3 is 5.97 Å². The van der Waals surface area contributed by atoms with Crippen LogP contribution in [0.2, 0.25) is 0 Å². The third-order valence-electron chi connectivity index (χ3n) is 3.19. The van der Waals surface area contributed by atoms with E-state index in [9.17, 15) is 4.79 Å². The fraction of sp³-hybridized carbons (Fsp3) is 0.538. The molecule has 1 N–H and O–H groups in total. The second-order valence-corrected chi connectivity index (χ2v) is 4.43. The monoisotopic (exact) mass is 251 g/mol. The molecule has 0 aliphatic heterocycles.